The van der Waals surface area contributed by atoms with Gasteiger partial charge in [0.25, 0.3) is 0 Å². The maximum absolute atomic E-state index is 12.6. The molecule has 0 aliphatic rings. The zero-order valence-corrected chi connectivity index (χ0v) is 18.0. The number of ether oxygens (including phenoxy) is 1. The van der Waals surface area contributed by atoms with E-state index in [-0.39, 0.29) is 19.1 Å². The molecule has 31 heavy (non-hydrogen) atoms. The van der Waals surface area contributed by atoms with Crippen LogP contribution in [-0.2, 0) is 32.1 Å². The van der Waals surface area contributed by atoms with E-state index in [0.29, 0.717) is 12.8 Å². The number of carbonyl (C=O) groups is 3. The van der Waals surface area contributed by atoms with Crippen LogP contribution in [0.5, 0.6) is 0 Å². The van der Waals surface area contributed by atoms with E-state index in [2.05, 4.69) is 10.6 Å². The predicted octanol–water partition coefficient (Wildman–Crippen LogP) is 1.95. The SMILES string of the molecule is CC(C)CC(NC(=O)C(N)Cc1ccccc1)C(=O)NCC(=O)OCc1ccccc1. The van der Waals surface area contributed by atoms with Crippen LogP contribution in [-0.4, -0.2) is 36.4 Å². The highest BCUT2D eigenvalue weighted by atomic mass is 16.5. The summed E-state index contributed by atoms with van der Waals surface area (Å²) in [5.74, 6) is -1.24. The molecule has 0 aromatic heterocycles. The van der Waals surface area contributed by atoms with E-state index in [4.69, 9.17) is 10.5 Å². The minimum absolute atomic E-state index is 0.135. The zero-order chi connectivity index (χ0) is 22.6. The molecular weight excluding hydrogens is 394 g/mol. The van der Waals surface area contributed by atoms with Crippen LogP contribution in [0.4, 0.5) is 0 Å². The van der Waals surface area contributed by atoms with Gasteiger partial charge in [0.15, 0.2) is 0 Å². The van der Waals surface area contributed by atoms with Gasteiger partial charge in [0, 0.05) is 0 Å². The minimum atomic E-state index is -0.781. The van der Waals surface area contributed by atoms with Crippen LogP contribution in [0, 0.1) is 5.92 Å². The maximum atomic E-state index is 12.6. The Bertz CT molecular complexity index is 840. The highest BCUT2D eigenvalue weighted by Crippen LogP contribution is 2.07. The second-order valence-electron chi connectivity index (χ2n) is 7.85. The molecule has 0 heterocycles. The summed E-state index contributed by atoms with van der Waals surface area (Å²) in [5, 5.41) is 5.27. The molecule has 0 aliphatic heterocycles. The van der Waals surface area contributed by atoms with Gasteiger partial charge in [-0.1, -0.05) is 74.5 Å². The number of nitrogens with two attached hydrogens (primary N) is 1. The van der Waals surface area contributed by atoms with Gasteiger partial charge in [-0.2, -0.15) is 0 Å². The number of hydrogen-bond donors (Lipinski definition) is 3. The molecule has 4 N–H and O–H groups in total. The summed E-state index contributed by atoms with van der Waals surface area (Å²) in [6.07, 6.45) is 0.795. The van der Waals surface area contributed by atoms with Crippen molar-refractivity contribution in [3.63, 3.8) is 0 Å². The molecule has 0 fully saturated rings. The highest BCUT2D eigenvalue weighted by molar-refractivity contribution is 5.91. The van der Waals surface area contributed by atoms with E-state index in [0.717, 1.165) is 11.1 Å². The lowest BCUT2D eigenvalue weighted by Crippen LogP contribution is -2.53. The molecule has 7 heteroatoms. The lowest BCUT2D eigenvalue weighted by Gasteiger charge is -2.22. The topological polar surface area (TPSA) is 111 Å². The van der Waals surface area contributed by atoms with Crippen molar-refractivity contribution in [2.75, 3.05) is 6.54 Å². The van der Waals surface area contributed by atoms with Gasteiger partial charge in [0.05, 0.1) is 6.04 Å². The first-order valence-electron chi connectivity index (χ1n) is 10.4. The summed E-state index contributed by atoms with van der Waals surface area (Å²) in [6.45, 7) is 3.76. The van der Waals surface area contributed by atoms with Crippen molar-refractivity contribution < 1.29 is 19.1 Å². The van der Waals surface area contributed by atoms with Gasteiger partial charge in [0.2, 0.25) is 11.8 Å². The van der Waals surface area contributed by atoms with Gasteiger partial charge in [0.1, 0.15) is 19.2 Å². The first-order valence-corrected chi connectivity index (χ1v) is 10.4. The van der Waals surface area contributed by atoms with Crippen LogP contribution in [0.15, 0.2) is 60.7 Å². The van der Waals surface area contributed by atoms with Crippen LogP contribution in [0.3, 0.4) is 0 Å². The maximum Gasteiger partial charge on any atom is 0.325 e. The van der Waals surface area contributed by atoms with E-state index < -0.39 is 29.9 Å². The van der Waals surface area contributed by atoms with Crippen molar-refractivity contribution >= 4 is 17.8 Å². The molecule has 0 spiro atoms. The minimum Gasteiger partial charge on any atom is -0.460 e. The van der Waals surface area contributed by atoms with E-state index in [1.807, 2.05) is 74.5 Å². The van der Waals surface area contributed by atoms with Crippen LogP contribution >= 0.6 is 0 Å². The number of esters is 1. The Hall–Kier alpha value is -3.19. The van der Waals surface area contributed by atoms with Crippen LogP contribution in [0.2, 0.25) is 0 Å². The highest BCUT2D eigenvalue weighted by Gasteiger charge is 2.25. The second kappa shape index (κ2) is 12.5. The quantitative estimate of drug-likeness (QED) is 0.477. The number of amides is 2. The standard InChI is InChI=1S/C24H31N3O4/c1-17(2)13-21(27-23(29)20(25)14-18-9-5-3-6-10-18)24(30)26-15-22(28)31-16-19-11-7-4-8-12-19/h3-12,17,20-21H,13-16,25H2,1-2H3,(H,26,30)(H,27,29). The van der Waals surface area contributed by atoms with Gasteiger partial charge >= 0.3 is 5.97 Å². The third kappa shape index (κ3) is 9.00. The van der Waals surface area contributed by atoms with Crippen molar-refractivity contribution in [3.8, 4) is 0 Å². The molecule has 2 aromatic rings. The Morgan fingerprint density at radius 2 is 1.48 bits per heavy atom. The van der Waals surface area contributed by atoms with Gasteiger partial charge in [-0.25, -0.2) is 0 Å². The summed E-state index contributed by atoms with van der Waals surface area (Å²) < 4.78 is 5.16. The average Bonchev–Trinajstić information content (AvgIpc) is 2.76. The smallest absolute Gasteiger partial charge is 0.325 e. The molecule has 166 valence electrons. The fourth-order valence-electron chi connectivity index (χ4n) is 3.01. The van der Waals surface area contributed by atoms with Crippen molar-refractivity contribution in [1.82, 2.24) is 10.6 Å². The molecular formula is C24H31N3O4. The fourth-order valence-corrected chi connectivity index (χ4v) is 3.01. The van der Waals surface area contributed by atoms with Gasteiger partial charge in [-0.05, 0) is 29.9 Å². The van der Waals surface area contributed by atoms with Crippen LogP contribution in [0.25, 0.3) is 0 Å². The monoisotopic (exact) mass is 425 g/mol. The van der Waals surface area contributed by atoms with Crippen molar-refractivity contribution in [3.05, 3.63) is 71.8 Å². The molecule has 0 radical (unpaired) electrons. The molecule has 0 saturated carbocycles. The number of benzene rings is 2. The molecule has 2 unspecified atom stereocenters. The largest absolute Gasteiger partial charge is 0.460 e. The van der Waals surface area contributed by atoms with Crippen molar-refractivity contribution in [1.29, 1.82) is 0 Å². The summed E-state index contributed by atoms with van der Waals surface area (Å²) in [5.41, 5.74) is 7.83. The summed E-state index contributed by atoms with van der Waals surface area (Å²) >= 11 is 0. The van der Waals surface area contributed by atoms with Crippen LogP contribution in [0.1, 0.15) is 31.4 Å². The molecule has 0 aliphatic carbocycles. The molecule has 2 rings (SSSR count). The normalized spacial score (nSPS) is 12.6. The summed E-state index contributed by atoms with van der Waals surface area (Å²) in [4.78, 5) is 37.1. The van der Waals surface area contributed by atoms with Gasteiger partial charge in [-0.15, -0.1) is 0 Å². The van der Waals surface area contributed by atoms with E-state index >= 15 is 0 Å². The zero-order valence-electron chi connectivity index (χ0n) is 18.0. The Balaban J connectivity index is 1.84. The fraction of sp³-hybridized carbons (Fsp3) is 0.375. The molecule has 2 aromatic carbocycles. The molecule has 2 atom stereocenters. The van der Waals surface area contributed by atoms with Gasteiger partial charge < -0.3 is 21.1 Å². The Morgan fingerprint density at radius 3 is 2.06 bits per heavy atom. The third-order valence-electron chi connectivity index (χ3n) is 4.62. The number of hydrogen-bond acceptors (Lipinski definition) is 5. The number of rotatable bonds is 11. The van der Waals surface area contributed by atoms with E-state index in [1.54, 1.807) is 0 Å². The molecule has 0 saturated heterocycles. The van der Waals surface area contributed by atoms with Crippen LogP contribution < -0.4 is 16.4 Å². The first-order chi connectivity index (χ1) is 14.8. The lowest BCUT2D eigenvalue weighted by atomic mass is 10.0. The Morgan fingerprint density at radius 1 is 0.903 bits per heavy atom. The van der Waals surface area contributed by atoms with Crippen molar-refractivity contribution in [2.24, 2.45) is 11.7 Å². The second-order valence-corrected chi connectivity index (χ2v) is 7.85. The average molecular weight is 426 g/mol. The summed E-state index contributed by atoms with van der Waals surface area (Å²) in [7, 11) is 0. The molecule has 7 nitrogen and oxygen atoms in total. The molecule has 2 amide bonds. The lowest BCUT2D eigenvalue weighted by molar-refractivity contribution is -0.145. The first kappa shape index (κ1) is 24.1. The number of nitrogens with one attached hydrogen (secondary N) is 2. The number of carbonyl (C=O) groups excluding carboxylic acids is 3. The Kier molecular flexibility index (Phi) is 9.71. The van der Waals surface area contributed by atoms with Crippen molar-refractivity contribution in [2.45, 2.75) is 45.4 Å². The van der Waals surface area contributed by atoms with Gasteiger partial charge in [-0.3, -0.25) is 14.4 Å². The third-order valence-corrected chi connectivity index (χ3v) is 4.62. The van der Waals surface area contributed by atoms with E-state index in [9.17, 15) is 14.4 Å². The van der Waals surface area contributed by atoms with E-state index in [1.165, 1.54) is 0 Å². The molecule has 0 bridgehead atoms. The Labute approximate surface area is 183 Å². The summed E-state index contributed by atoms with van der Waals surface area (Å²) in [6, 6.07) is 17.2. The predicted molar refractivity (Wildman–Crippen MR) is 119 cm³/mol.